The minimum atomic E-state index is 0.747. The number of benzene rings is 8. The summed E-state index contributed by atoms with van der Waals surface area (Å²) < 4.78 is 2.28. The zero-order valence-electron chi connectivity index (χ0n) is 35.1. The lowest BCUT2D eigenvalue weighted by atomic mass is 10.00. The van der Waals surface area contributed by atoms with Crippen LogP contribution in [-0.4, -0.2) is 19.4 Å². The maximum atomic E-state index is 5.27. The fourth-order valence-electron chi connectivity index (χ4n) is 8.63. The van der Waals surface area contributed by atoms with Gasteiger partial charge in [-0.25, -0.2) is 9.97 Å². The number of rotatable bonds is 11. The Bertz CT molecular complexity index is 3190. The Morgan fingerprint density at radius 2 is 0.797 bits per heavy atom. The highest BCUT2D eigenvalue weighted by atomic mass is 15.1. The number of hydrogen-bond donors (Lipinski definition) is 1. The SMILES string of the molecule is c1ccc(Cc2c(-c3ccc(N(c4ccccc4)c4ccccc4)cc3)nc3ccc(-c4ccc(-c5ccc(-c6nc(-c7ccccc7)c(-c7ccccc7)[nH]6)cc5)cc4)cn23)cc1. The molecule has 11 rings (SSSR count). The van der Waals surface area contributed by atoms with Gasteiger partial charge >= 0.3 is 0 Å². The maximum Gasteiger partial charge on any atom is 0.138 e. The Labute approximate surface area is 373 Å². The molecule has 0 saturated carbocycles. The van der Waals surface area contributed by atoms with E-state index in [4.69, 9.17) is 9.97 Å². The third-order valence-electron chi connectivity index (χ3n) is 11.9. The van der Waals surface area contributed by atoms with Gasteiger partial charge in [0.15, 0.2) is 0 Å². The van der Waals surface area contributed by atoms with E-state index in [1.807, 2.05) is 12.1 Å². The third kappa shape index (κ3) is 7.67. The molecule has 0 spiro atoms. The van der Waals surface area contributed by atoms with Gasteiger partial charge in [-0.2, -0.15) is 0 Å². The predicted molar refractivity (Wildman–Crippen MR) is 264 cm³/mol. The quantitative estimate of drug-likeness (QED) is 0.141. The summed E-state index contributed by atoms with van der Waals surface area (Å²) in [4.78, 5) is 16.3. The van der Waals surface area contributed by atoms with E-state index in [0.717, 1.165) is 102 Å². The van der Waals surface area contributed by atoms with Crippen molar-refractivity contribution < 1.29 is 0 Å². The van der Waals surface area contributed by atoms with Gasteiger partial charge in [-0.3, -0.25) is 0 Å². The Morgan fingerprint density at radius 1 is 0.359 bits per heavy atom. The van der Waals surface area contributed by atoms with Crippen LogP contribution in [-0.2, 0) is 6.42 Å². The van der Waals surface area contributed by atoms with Crippen molar-refractivity contribution in [3.05, 3.63) is 254 Å². The van der Waals surface area contributed by atoms with Crippen molar-refractivity contribution in [3.8, 4) is 67.4 Å². The summed E-state index contributed by atoms with van der Waals surface area (Å²) in [7, 11) is 0. The second-order valence-corrected chi connectivity index (χ2v) is 16.0. The Balaban J connectivity index is 0.891. The van der Waals surface area contributed by atoms with Crippen LogP contribution in [0, 0.1) is 0 Å². The summed E-state index contributed by atoms with van der Waals surface area (Å²) in [5, 5.41) is 0. The monoisotopic (exact) mass is 821 g/mol. The summed E-state index contributed by atoms with van der Waals surface area (Å²) >= 11 is 0. The summed E-state index contributed by atoms with van der Waals surface area (Å²) in [5.41, 5.74) is 18.5. The lowest BCUT2D eigenvalue weighted by Gasteiger charge is -2.25. The highest BCUT2D eigenvalue weighted by Crippen LogP contribution is 2.38. The van der Waals surface area contributed by atoms with Gasteiger partial charge in [0.25, 0.3) is 0 Å². The zero-order chi connectivity index (χ0) is 42.7. The van der Waals surface area contributed by atoms with Crippen LogP contribution in [0.3, 0.4) is 0 Å². The van der Waals surface area contributed by atoms with Crippen LogP contribution in [0.5, 0.6) is 0 Å². The first-order valence-electron chi connectivity index (χ1n) is 21.7. The molecule has 3 heterocycles. The predicted octanol–water partition coefficient (Wildman–Crippen LogP) is 15.1. The third-order valence-corrected chi connectivity index (χ3v) is 11.9. The van der Waals surface area contributed by atoms with Crippen LogP contribution < -0.4 is 4.90 Å². The second-order valence-electron chi connectivity index (χ2n) is 16.0. The topological polar surface area (TPSA) is 49.2 Å². The molecule has 0 aliphatic rings. The van der Waals surface area contributed by atoms with Gasteiger partial charge in [-0.05, 0) is 76.3 Å². The van der Waals surface area contributed by atoms with E-state index in [1.54, 1.807) is 0 Å². The van der Waals surface area contributed by atoms with Crippen molar-refractivity contribution in [1.82, 2.24) is 19.4 Å². The molecule has 0 radical (unpaired) electrons. The van der Waals surface area contributed by atoms with E-state index < -0.39 is 0 Å². The molecule has 64 heavy (non-hydrogen) atoms. The molecule has 1 N–H and O–H groups in total. The molecule has 0 amide bonds. The highest BCUT2D eigenvalue weighted by Gasteiger charge is 2.19. The maximum absolute atomic E-state index is 5.27. The number of nitrogens with zero attached hydrogens (tertiary/aromatic N) is 4. The molecule has 0 saturated heterocycles. The van der Waals surface area contributed by atoms with Crippen LogP contribution in [0.15, 0.2) is 243 Å². The molecule has 0 unspecified atom stereocenters. The molecule has 0 bridgehead atoms. The number of aromatic amines is 1. The molecule has 5 heteroatoms. The summed E-state index contributed by atoms with van der Waals surface area (Å²) in [6, 6.07) is 83.1. The number of nitrogens with one attached hydrogen (secondary N) is 1. The van der Waals surface area contributed by atoms with E-state index in [9.17, 15) is 0 Å². The highest BCUT2D eigenvalue weighted by molar-refractivity contribution is 5.82. The Hall–Kier alpha value is -8.54. The van der Waals surface area contributed by atoms with Crippen molar-refractivity contribution in [1.29, 1.82) is 0 Å². The lowest BCUT2D eigenvalue weighted by molar-refractivity contribution is 1.03. The summed E-state index contributed by atoms with van der Waals surface area (Å²) in [6.07, 6.45) is 2.99. The van der Waals surface area contributed by atoms with Gasteiger partial charge in [0.2, 0.25) is 0 Å². The van der Waals surface area contributed by atoms with Crippen LogP contribution in [0.2, 0.25) is 0 Å². The molecule has 5 nitrogen and oxygen atoms in total. The van der Waals surface area contributed by atoms with Crippen molar-refractivity contribution in [2.24, 2.45) is 0 Å². The van der Waals surface area contributed by atoms with Crippen molar-refractivity contribution in [2.45, 2.75) is 6.42 Å². The lowest BCUT2D eigenvalue weighted by Crippen LogP contribution is -2.09. The molecule has 0 aliphatic carbocycles. The number of fused-ring (bicyclic) bond motifs is 1. The molecular formula is C59H43N5. The first kappa shape index (κ1) is 38.4. The van der Waals surface area contributed by atoms with E-state index in [2.05, 4.69) is 245 Å². The molecule has 0 aliphatic heterocycles. The number of H-pyrrole nitrogens is 1. The smallest absolute Gasteiger partial charge is 0.138 e. The van der Waals surface area contributed by atoms with Crippen LogP contribution in [0.4, 0.5) is 17.1 Å². The normalized spacial score (nSPS) is 11.2. The first-order chi connectivity index (χ1) is 31.7. The van der Waals surface area contributed by atoms with E-state index in [1.165, 1.54) is 5.56 Å². The molecular weight excluding hydrogens is 779 g/mol. The fourth-order valence-corrected chi connectivity index (χ4v) is 8.63. The van der Waals surface area contributed by atoms with Gasteiger partial charge in [-0.15, -0.1) is 0 Å². The van der Waals surface area contributed by atoms with E-state index in [-0.39, 0.29) is 0 Å². The van der Waals surface area contributed by atoms with Crippen molar-refractivity contribution >= 4 is 22.7 Å². The molecule has 0 atom stereocenters. The number of para-hydroxylation sites is 2. The van der Waals surface area contributed by atoms with Crippen LogP contribution >= 0.6 is 0 Å². The number of anilines is 3. The summed E-state index contributed by atoms with van der Waals surface area (Å²) in [6.45, 7) is 0. The number of imidazole rings is 2. The molecule has 0 fully saturated rings. The van der Waals surface area contributed by atoms with E-state index >= 15 is 0 Å². The Morgan fingerprint density at radius 3 is 1.38 bits per heavy atom. The fraction of sp³-hybridized carbons (Fsp3) is 0.0169. The van der Waals surface area contributed by atoms with Crippen LogP contribution in [0.25, 0.3) is 73.1 Å². The molecule has 11 aromatic rings. The number of hydrogen-bond acceptors (Lipinski definition) is 3. The zero-order valence-corrected chi connectivity index (χ0v) is 35.1. The molecule has 3 aromatic heterocycles. The standard InChI is InChI=1S/C59H43N5/c1-6-16-42(17-7-1)40-54-56(48-34-37-53(38-35-48)64(51-22-12-4-13-23-51)52-24-14-5-15-25-52)60-55-39-36-50(41-63(54)55)45-28-26-43(27-29-45)44-30-32-49(33-31-44)59-61-57(46-18-8-2-9-19-46)58(62-59)47-20-10-3-11-21-47/h1-39,41H,40H2,(H,61,62). The second kappa shape index (κ2) is 17.1. The van der Waals surface area contributed by atoms with E-state index in [0.29, 0.717) is 0 Å². The van der Waals surface area contributed by atoms with Gasteiger partial charge in [0.05, 0.1) is 22.8 Å². The Kier molecular flexibility index (Phi) is 10.2. The largest absolute Gasteiger partial charge is 0.337 e. The van der Waals surface area contributed by atoms with Gasteiger partial charge in [0.1, 0.15) is 11.5 Å². The van der Waals surface area contributed by atoms with Gasteiger partial charge < -0.3 is 14.3 Å². The van der Waals surface area contributed by atoms with Crippen molar-refractivity contribution in [2.75, 3.05) is 4.90 Å². The van der Waals surface area contributed by atoms with Gasteiger partial charge in [-0.1, -0.05) is 188 Å². The minimum absolute atomic E-state index is 0.747. The first-order valence-corrected chi connectivity index (χ1v) is 21.7. The minimum Gasteiger partial charge on any atom is -0.337 e. The number of aromatic nitrogens is 4. The van der Waals surface area contributed by atoms with Crippen LogP contribution in [0.1, 0.15) is 11.3 Å². The van der Waals surface area contributed by atoms with Gasteiger partial charge in [0, 0.05) is 51.9 Å². The molecule has 304 valence electrons. The molecule has 8 aromatic carbocycles. The van der Waals surface area contributed by atoms with Crippen molar-refractivity contribution in [3.63, 3.8) is 0 Å². The average Bonchev–Trinajstić information content (AvgIpc) is 3.98. The number of pyridine rings is 1. The average molecular weight is 822 g/mol. The summed E-state index contributed by atoms with van der Waals surface area (Å²) in [5.74, 6) is 0.846.